The molecule has 0 heterocycles. The summed E-state index contributed by atoms with van der Waals surface area (Å²) in [5.74, 6) is 2.73. The lowest BCUT2D eigenvalue weighted by Crippen LogP contribution is -2.38. The van der Waals surface area contributed by atoms with Gasteiger partial charge in [-0.05, 0) is 105 Å². The van der Waals surface area contributed by atoms with E-state index in [1.807, 2.05) is 13.8 Å². The summed E-state index contributed by atoms with van der Waals surface area (Å²) in [5, 5.41) is 30.5. The maximum absolute atomic E-state index is 10.2. The van der Waals surface area contributed by atoms with E-state index in [4.69, 9.17) is 0 Å². The molecule has 0 bridgehead atoms. The zero-order valence-corrected chi connectivity index (χ0v) is 21.2. The van der Waals surface area contributed by atoms with Crippen molar-refractivity contribution < 1.29 is 15.3 Å². The van der Waals surface area contributed by atoms with Crippen LogP contribution >= 0.6 is 0 Å². The lowest BCUT2D eigenvalue weighted by molar-refractivity contribution is 0.0404. The maximum Gasteiger partial charge on any atom is 0.0811 e. The fraction of sp³-hybridized carbons (Fsp3) is 0.793. The second kappa shape index (κ2) is 10.2. The van der Waals surface area contributed by atoms with Gasteiger partial charge in [0.25, 0.3) is 0 Å². The fourth-order valence-corrected chi connectivity index (χ4v) is 7.31. The van der Waals surface area contributed by atoms with Crippen molar-refractivity contribution in [1.29, 1.82) is 0 Å². The summed E-state index contributed by atoms with van der Waals surface area (Å²) in [7, 11) is 0. The topological polar surface area (TPSA) is 60.7 Å². The molecule has 182 valence electrons. The van der Waals surface area contributed by atoms with Crippen LogP contribution in [0.25, 0.3) is 0 Å². The second-order valence-electron chi connectivity index (χ2n) is 12.0. The molecule has 3 rings (SSSR count). The van der Waals surface area contributed by atoms with Crippen LogP contribution in [0.5, 0.6) is 0 Å². The van der Waals surface area contributed by atoms with Crippen molar-refractivity contribution >= 4 is 0 Å². The third kappa shape index (κ3) is 5.59. The maximum atomic E-state index is 10.2. The van der Waals surface area contributed by atoms with E-state index in [9.17, 15) is 15.3 Å². The first-order valence-corrected chi connectivity index (χ1v) is 13.1. The SMILES string of the molecule is C=C1/C(=C\C=C2/CCC[C@]3(C)[C@@H]([C@@H](C)[C@@H](CC)CCC(C)(C)O)CC[C@@H]23)C[C@@H](O)C[C@@H]1O. The number of allylic oxidation sites excluding steroid dienone is 3. The molecule has 0 spiro atoms. The summed E-state index contributed by atoms with van der Waals surface area (Å²) in [6.07, 6.45) is 13.8. The molecule has 3 saturated carbocycles. The van der Waals surface area contributed by atoms with E-state index < -0.39 is 17.8 Å². The quantitative estimate of drug-likeness (QED) is 0.429. The van der Waals surface area contributed by atoms with E-state index in [0.717, 1.165) is 29.9 Å². The van der Waals surface area contributed by atoms with Crippen molar-refractivity contribution in [3.8, 4) is 0 Å². The largest absolute Gasteiger partial charge is 0.393 e. The monoisotopic (exact) mass is 444 g/mol. The van der Waals surface area contributed by atoms with E-state index in [2.05, 4.69) is 39.5 Å². The molecule has 3 nitrogen and oxygen atoms in total. The highest BCUT2D eigenvalue weighted by Crippen LogP contribution is 2.60. The van der Waals surface area contributed by atoms with Gasteiger partial charge in [0.2, 0.25) is 0 Å². The van der Waals surface area contributed by atoms with Crippen LogP contribution in [0.3, 0.4) is 0 Å². The van der Waals surface area contributed by atoms with E-state index >= 15 is 0 Å². The number of aliphatic hydroxyl groups is 3. The molecule has 0 radical (unpaired) electrons. The van der Waals surface area contributed by atoms with Gasteiger partial charge in [0.15, 0.2) is 0 Å². The van der Waals surface area contributed by atoms with Gasteiger partial charge in [0.1, 0.15) is 0 Å². The van der Waals surface area contributed by atoms with Gasteiger partial charge in [-0.1, -0.05) is 51.5 Å². The summed E-state index contributed by atoms with van der Waals surface area (Å²) < 4.78 is 0. The molecule has 0 aromatic heterocycles. The van der Waals surface area contributed by atoms with Crippen molar-refractivity contribution in [3.63, 3.8) is 0 Å². The number of hydrogen-bond acceptors (Lipinski definition) is 3. The van der Waals surface area contributed by atoms with Crippen LogP contribution in [0, 0.1) is 29.1 Å². The van der Waals surface area contributed by atoms with Gasteiger partial charge in [-0.25, -0.2) is 0 Å². The fourth-order valence-electron chi connectivity index (χ4n) is 7.31. The van der Waals surface area contributed by atoms with Gasteiger partial charge in [-0.3, -0.25) is 0 Å². The molecule has 3 fully saturated rings. The molecule has 3 aliphatic carbocycles. The third-order valence-corrected chi connectivity index (χ3v) is 9.33. The van der Waals surface area contributed by atoms with Gasteiger partial charge < -0.3 is 15.3 Å². The van der Waals surface area contributed by atoms with Gasteiger partial charge in [-0.2, -0.15) is 0 Å². The number of fused-ring (bicyclic) bond motifs is 1. The molecule has 0 aromatic rings. The average molecular weight is 445 g/mol. The molecule has 0 aromatic carbocycles. The molecule has 7 atom stereocenters. The second-order valence-corrected chi connectivity index (χ2v) is 12.0. The minimum absolute atomic E-state index is 0.354. The molecule has 3 N–H and O–H groups in total. The number of aliphatic hydroxyl groups excluding tert-OH is 2. The Bertz CT molecular complexity index is 727. The zero-order valence-electron chi connectivity index (χ0n) is 21.2. The van der Waals surface area contributed by atoms with E-state index in [0.29, 0.717) is 36.0 Å². The molecule has 0 aliphatic heterocycles. The van der Waals surface area contributed by atoms with Crippen molar-refractivity contribution in [3.05, 3.63) is 35.5 Å². The Labute approximate surface area is 196 Å². The number of hydrogen-bond donors (Lipinski definition) is 3. The molecular weight excluding hydrogens is 396 g/mol. The highest BCUT2D eigenvalue weighted by molar-refractivity contribution is 5.38. The van der Waals surface area contributed by atoms with Crippen LogP contribution in [0.2, 0.25) is 0 Å². The van der Waals surface area contributed by atoms with Gasteiger partial charge >= 0.3 is 0 Å². The molecule has 0 saturated heterocycles. The Kier molecular flexibility index (Phi) is 8.16. The predicted molar refractivity (Wildman–Crippen MR) is 133 cm³/mol. The molecule has 3 aliphatic rings. The standard InChI is InChI=1S/C29H48O3/c1-7-21(14-16-28(4,5)32)19(2)25-12-13-26-22(9-8-15-29(25,26)6)10-11-23-17-24(30)18-27(31)20(23)3/h10-11,19,21,24-27,30-32H,3,7-9,12-18H2,1-2,4-6H3/b22-10+,23-11-/t19-,21-,24+,25+,26-,27-,29+/m0/s1. The minimum Gasteiger partial charge on any atom is -0.393 e. The molecule has 32 heavy (non-hydrogen) atoms. The Balaban J connectivity index is 1.76. The minimum atomic E-state index is -0.619. The summed E-state index contributed by atoms with van der Waals surface area (Å²) in [5.41, 5.74) is 3.13. The lowest BCUT2D eigenvalue weighted by atomic mass is 9.59. The Morgan fingerprint density at radius 3 is 2.59 bits per heavy atom. The predicted octanol–water partition coefficient (Wildman–Crippen LogP) is 6.34. The van der Waals surface area contributed by atoms with E-state index in [1.165, 1.54) is 38.5 Å². The van der Waals surface area contributed by atoms with Crippen LogP contribution in [0.4, 0.5) is 0 Å². The van der Waals surface area contributed by atoms with Crippen molar-refractivity contribution in [2.45, 2.75) is 117 Å². The van der Waals surface area contributed by atoms with Crippen molar-refractivity contribution in [2.75, 3.05) is 0 Å². The van der Waals surface area contributed by atoms with Gasteiger partial charge in [-0.15, -0.1) is 0 Å². The first kappa shape index (κ1) is 25.7. The smallest absolute Gasteiger partial charge is 0.0811 e. The highest BCUT2D eigenvalue weighted by atomic mass is 16.3. The molecular formula is C29H48O3. The normalized spacial score (nSPS) is 38.2. The lowest BCUT2D eigenvalue weighted by Gasteiger charge is -2.46. The zero-order chi connectivity index (χ0) is 23.7. The van der Waals surface area contributed by atoms with Crippen LogP contribution < -0.4 is 0 Å². The van der Waals surface area contributed by atoms with Gasteiger partial charge in [0.05, 0.1) is 17.8 Å². The summed E-state index contributed by atoms with van der Waals surface area (Å²) in [4.78, 5) is 0. The van der Waals surface area contributed by atoms with E-state index in [1.54, 1.807) is 5.57 Å². The first-order valence-electron chi connectivity index (χ1n) is 13.1. The van der Waals surface area contributed by atoms with Crippen molar-refractivity contribution in [2.24, 2.45) is 29.1 Å². The Hall–Kier alpha value is -0.900. The summed E-state index contributed by atoms with van der Waals surface area (Å²) >= 11 is 0. The Morgan fingerprint density at radius 1 is 1.22 bits per heavy atom. The first-order chi connectivity index (χ1) is 15.0. The van der Waals surface area contributed by atoms with Crippen LogP contribution in [0.1, 0.15) is 98.8 Å². The Morgan fingerprint density at radius 2 is 1.94 bits per heavy atom. The average Bonchev–Trinajstić information content (AvgIpc) is 3.06. The van der Waals surface area contributed by atoms with Crippen LogP contribution in [-0.2, 0) is 0 Å². The number of rotatable bonds is 7. The van der Waals surface area contributed by atoms with Crippen molar-refractivity contribution in [1.82, 2.24) is 0 Å². The van der Waals surface area contributed by atoms with Gasteiger partial charge in [0, 0.05) is 6.42 Å². The summed E-state index contributed by atoms with van der Waals surface area (Å²) in [6, 6.07) is 0. The van der Waals surface area contributed by atoms with Crippen LogP contribution in [0.15, 0.2) is 35.5 Å². The molecule has 3 heteroatoms. The molecule has 0 amide bonds. The highest BCUT2D eigenvalue weighted by Gasteiger charge is 2.51. The van der Waals surface area contributed by atoms with Crippen LogP contribution in [-0.4, -0.2) is 33.1 Å². The molecule has 0 unspecified atom stereocenters. The summed E-state index contributed by atoms with van der Waals surface area (Å²) in [6.45, 7) is 15.3. The third-order valence-electron chi connectivity index (χ3n) is 9.33. The van der Waals surface area contributed by atoms with E-state index in [-0.39, 0.29) is 0 Å².